The van der Waals surface area contributed by atoms with E-state index in [1.807, 2.05) is 0 Å². The second-order valence-electron chi connectivity index (χ2n) is 6.55. The Kier molecular flexibility index (Phi) is 5.81. The van der Waals surface area contributed by atoms with Crippen LogP contribution in [-0.4, -0.2) is 39.6 Å². The smallest absolute Gasteiger partial charge is 0.267 e. The molecule has 0 unspecified atom stereocenters. The summed E-state index contributed by atoms with van der Waals surface area (Å²) in [5.74, 6) is -0.654. The molecule has 9 nitrogen and oxygen atoms in total. The van der Waals surface area contributed by atoms with Crippen LogP contribution in [0.5, 0.6) is 5.75 Å². The first kappa shape index (κ1) is 20.1. The fourth-order valence-corrected chi connectivity index (χ4v) is 3.91. The molecule has 4 rings (SSSR count). The third-order valence-corrected chi connectivity index (χ3v) is 5.42. The quantitative estimate of drug-likeness (QED) is 0.638. The lowest BCUT2D eigenvalue weighted by Gasteiger charge is -2.10. The number of hydrogen-bond acceptors (Lipinski definition) is 8. The van der Waals surface area contributed by atoms with E-state index in [1.54, 1.807) is 0 Å². The van der Waals surface area contributed by atoms with Gasteiger partial charge in [0.05, 0.1) is 12.8 Å². The van der Waals surface area contributed by atoms with Gasteiger partial charge in [-0.05, 0) is 31.0 Å². The van der Waals surface area contributed by atoms with Crippen molar-refractivity contribution < 1.29 is 18.7 Å². The van der Waals surface area contributed by atoms with E-state index >= 15 is 0 Å². The van der Waals surface area contributed by atoms with Crippen LogP contribution in [0, 0.1) is 5.82 Å². The minimum absolute atomic E-state index is 0.0835. The third-order valence-electron chi connectivity index (χ3n) is 4.49. The van der Waals surface area contributed by atoms with E-state index in [4.69, 9.17) is 9.47 Å². The van der Waals surface area contributed by atoms with Gasteiger partial charge >= 0.3 is 0 Å². The van der Waals surface area contributed by atoms with Gasteiger partial charge in [0, 0.05) is 24.3 Å². The molecule has 2 aromatic heterocycles. The summed E-state index contributed by atoms with van der Waals surface area (Å²) >= 11 is 1.24. The van der Waals surface area contributed by atoms with Crippen molar-refractivity contribution in [3.8, 4) is 17.0 Å². The van der Waals surface area contributed by atoms with Crippen molar-refractivity contribution in [2.75, 3.05) is 19.0 Å². The van der Waals surface area contributed by atoms with Crippen LogP contribution < -0.4 is 15.6 Å². The SMILES string of the molecule is COc1cc(F)ccc1-c1ccc(=O)n(CC(=O)Nc2nnc([C@H]3CCCO3)s2)n1. The summed E-state index contributed by atoms with van der Waals surface area (Å²) in [6.45, 7) is 0.376. The summed E-state index contributed by atoms with van der Waals surface area (Å²) < 4.78 is 25.2. The molecule has 1 aliphatic rings. The molecule has 1 fully saturated rings. The zero-order chi connectivity index (χ0) is 21.1. The topological polar surface area (TPSA) is 108 Å². The van der Waals surface area contributed by atoms with Crippen LogP contribution in [0.15, 0.2) is 35.1 Å². The van der Waals surface area contributed by atoms with Gasteiger partial charge in [-0.3, -0.25) is 14.9 Å². The maximum Gasteiger partial charge on any atom is 0.267 e. The lowest BCUT2D eigenvalue weighted by molar-refractivity contribution is -0.117. The fourth-order valence-electron chi connectivity index (χ4n) is 3.06. The molecule has 1 saturated heterocycles. The number of methoxy groups -OCH3 is 1. The van der Waals surface area contributed by atoms with Crippen LogP contribution in [0.4, 0.5) is 9.52 Å². The normalized spacial score (nSPS) is 15.9. The van der Waals surface area contributed by atoms with Crippen molar-refractivity contribution in [3.63, 3.8) is 0 Å². The lowest BCUT2D eigenvalue weighted by Crippen LogP contribution is -2.29. The van der Waals surface area contributed by atoms with Crippen LogP contribution in [0.2, 0.25) is 0 Å². The standard InChI is InChI=1S/C19H18FN5O4S/c1-28-15-9-11(20)4-5-12(15)13-6-7-17(27)25(24-13)10-16(26)21-19-23-22-18(30-19)14-3-2-8-29-14/h4-7,9,14H,2-3,8,10H2,1H3,(H,21,23,26)/t14-/m1/s1. The third kappa shape index (κ3) is 4.36. The number of nitrogens with one attached hydrogen (secondary N) is 1. The van der Waals surface area contributed by atoms with Gasteiger partial charge in [0.15, 0.2) is 0 Å². The Morgan fingerprint density at radius 1 is 1.37 bits per heavy atom. The summed E-state index contributed by atoms with van der Waals surface area (Å²) in [7, 11) is 1.41. The molecule has 3 aromatic rings. The zero-order valence-corrected chi connectivity index (χ0v) is 16.8. The first-order chi connectivity index (χ1) is 14.5. The average molecular weight is 431 g/mol. The Bertz CT molecular complexity index is 1130. The second kappa shape index (κ2) is 8.67. The number of ether oxygens (including phenoxy) is 2. The van der Waals surface area contributed by atoms with Gasteiger partial charge in [-0.15, -0.1) is 10.2 Å². The van der Waals surface area contributed by atoms with E-state index in [-0.39, 0.29) is 18.4 Å². The predicted octanol–water partition coefficient (Wildman–Crippen LogP) is 2.40. The Morgan fingerprint density at radius 2 is 2.23 bits per heavy atom. The minimum Gasteiger partial charge on any atom is -0.496 e. The Hall–Kier alpha value is -3.18. The monoisotopic (exact) mass is 431 g/mol. The molecule has 1 aliphatic heterocycles. The van der Waals surface area contributed by atoms with Crippen LogP contribution in [0.3, 0.4) is 0 Å². The largest absolute Gasteiger partial charge is 0.496 e. The molecule has 3 heterocycles. The van der Waals surface area contributed by atoms with Crippen LogP contribution >= 0.6 is 11.3 Å². The Labute approximate surface area is 174 Å². The fraction of sp³-hybridized carbons (Fsp3) is 0.316. The van der Waals surface area contributed by atoms with Crippen LogP contribution in [0.1, 0.15) is 24.0 Å². The van der Waals surface area contributed by atoms with Crippen molar-refractivity contribution in [1.29, 1.82) is 0 Å². The molecule has 0 saturated carbocycles. The molecule has 11 heteroatoms. The van der Waals surface area contributed by atoms with Gasteiger partial charge in [0.2, 0.25) is 11.0 Å². The van der Waals surface area contributed by atoms with Gasteiger partial charge in [0.1, 0.15) is 29.2 Å². The van der Waals surface area contributed by atoms with E-state index < -0.39 is 17.3 Å². The highest BCUT2D eigenvalue weighted by molar-refractivity contribution is 7.15. The minimum atomic E-state index is -0.470. The van der Waals surface area contributed by atoms with E-state index in [0.717, 1.165) is 17.5 Å². The summed E-state index contributed by atoms with van der Waals surface area (Å²) in [6.07, 6.45) is 1.76. The van der Waals surface area contributed by atoms with E-state index in [2.05, 4.69) is 20.6 Å². The maximum atomic E-state index is 13.4. The molecule has 156 valence electrons. The Balaban J connectivity index is 1.50. The summed E-state index contributed by atoms with van der Waals surface area (Å²) in [6, 6.07) is 6.77. The second-order valence-corrected chi connectivity index (χ2v) is 7.56. The molecule has 0 spiro atoms. The number of nitrogens with zero attached hydrogens (tertiary/aromatic N) is 4. The summed E-state index contributed by atoms with van der Waals surface area (Å²) in [5, 5.41) is 15.9. The van der Waals surface area contributed by atoms with E-state index in [0.29, 0.717) is 28.0 Å². The lowest BCUT2D eigenvalue weighted by atomic mass is 10.1. The number of amides is 1. The predicted molar refractivity (Wildman–Crippen MR) is 107 cm³/mol. The molecule has 1 amide bonds. The number of rotatable bonds is 6. The summed E-state index contributed by atoms with van der Waals surface area (Å²) in [4.78, 5) is 24.6. The number of halogens is 1. The summed E-state index contributed by atoms with van der Waals surface area (Å²) in [5.41, 5.74) is 0.418. The number of carbonyl (C=O) groups excluding carboxylic acids is 1. The molecule has 1 N–H and O–H groups in total. The number of anilines is 1. The molecule has 0 bridgehead atoms. The molecule has 1 aromatic carbocycles. The first-order valence-electron chi connectivity index (χ1n) is 9.20. The van der Waals surface area contributed by atoms with Gasteiger partial charge < -0.3 is 9.47 Å². The van der Waals surface area contributed by atoms with Gasteiger partial charge in [0.25, 0.3) is 5.56 Å². The number of hydrogen-bond donors (Lipinski definition) is 1. The molecule has 30 heavy (non-hydrogen) atoms. The first-order valence-corrected chi connectivity index (χ1v) is 10.0. The van der Waals surface area contributed by atoms with Gasteiger partial charge in [-0.2, -0.15) is 5.10 Å². The molecule has 0 aliphatic carbocycles. The molecular formula is C19H18FN5O4S. The van der Waals surface area contributed by atoms with Crippen molar-refractivity contribution >= 4 is 22.4 Å². The Morgan fingerprint density at radius 3 is 3.00 bits per heavy atom. The van der Waals surface area contributed by atoms with Crippen LogP contribution in [0.25, 0.3) is 11.3 Å². The van der Waals surface area contributed by atoms with Crippen molar-refractivity contribution in [3.05, 3.63) is 51.5 Å². The average Bonchev–Trinajstić information content (AvgIpc) is 3.41. The highest BCUT2D eigenvalue weighted by atomic mass is 32.1. The van der Waals surface area contributed by atoms with Crippen molar-refractivity contribution in [1.82, 2.24) is 20.0 Å². The van der Waals surface area contributed by atoms with Crippen molar-refractivity contribution in [2.24, 2.45) is 0 Å². The van der Waals surface area contributed by atoms with Gasteiger partial charge in [-0.1, -0.05) is 11.3 Å². The van der Waals surface area contributed by atoms with E-state index in [1.165, 1.54) is 48.8 Å². The van der Waals surface area contributed by atoms with Crippen molar-refractivity contribution in [2.45, 2.75) is 25.5 Å². The number of carbonyl (C=O) groups is 1. The number of aromatic nitrogens is 4. The molecule has 0 radical (unpaired) electrons. The highest BCUT2D eigenvalue weighted by Crippen LogP contribution is 2.32. The zero-order valence-electron chi connectivity index (χ0n) is 16.0. The van der Waals surface area contributed by atoms with Gasteiger partial charge in [-0.25, -0.2) is 9.07 Å². The van der Waals surface area contributed by atoms with Crippen LogP contribution in [-0.2, 0) is 16.1 Å². The molecular weight excluding hydrogens is 413 g/mol. The van der Waals surface area contributed by atoms with E-state index in [9.17, 15) is 14.0 Å². The molecule has 1 atom stereocenters. The highest BCUT2D eigenvalue weighted by Gasteiger charge is 2.22. The number of benzene rings is 1. The maximum absolute atomic E-state index is 13.4.